The van der Waals surface area contributed by atoms with E-state index in [4.69, 9.17) is 11.6 Å². The number of nitrogens with one attached hydrogen (secondary N) is 2. The molecule has 2 N–H and O–H groups in total. The first-order valence-corrected chi connectivity index (χ1v) is 13.8. The summed E-state index contributed by atoms with van der Waals surface area (Å²) >= 11 is 0. The van der Waals surface area contributed by atoms with Gasteiger partial charge in [0.15, 0.2) is 11.6 Å². The lowest BCUT2D eigenvalue weighted by atomic mass is 9.62. The summed E-state index contributed by atoms with van der Waals surface area (Å²) in [6.07, 6.45) is 6.09. The number of anilines is 1. The molecule has 2 aromatic heterocycles. The maximum atomic E-state index is 16.6. The quantitative estimate of drug-likeness (QED) is 0.225. The molecule has 3 aromatic carbocycles. The highest BCUT2D eigenvalue weighted by atomic mass is 19.1. The molecule has 0 amide bonds. The Morgan fingerprint density at radius 1 is 0.950 bits per heavy atom. The predicted octanol–water partition coefficient (Wildman–Crippen LogP) is 9.25. The molecule has 3 fully saturated rings. The van der Waals surface area contributed by atoms with E-state index in [-0.39, 0.29) is 39.7 Å². The van der Waals surface area contributed by atoms with Crippen molar-refractivity contribution in [1.82, 2.24) is 9.97 Å². The first-order valence-electron chi connectivity index (χ1n) is 13.8. The molecule has 0 spiro atoms. The van der Waals surface area contributed by atoms with E-state index in [2.05, 4.69) is 22.1 Å². The lowest BCUT2D eigenvalue weighted by Gasteiger charge is -2.47. The van der Waals surface area contributed by atoms with E-state index in [0.29, 0.717) is 28.9 Å². The summed E-state index contributed by atoms with van der Waals surface area (Å²) < 4.78 is 45.5. The van der Waals surface area contributed by atoms with E-state index >= 15 is 4.39 Å². The minimum atomic E-state index is -0.743. The summed E-state index contributed by atoms with van der Waals surface area (Å²) in [5.74, 6) is -0.627. The van der Waals surface area contributed by atoms with E-state index in [1.807, 2.05) is 42.5 Å². The van der Waals surface area contributed by atoms with E-state index in [0.717, 1.165) is 29.7 Å². The summed E-state index contributed by atoms with van der Waals surface area (Å²) in [6.45, 7) is 10.3. The minimum Gasteiger partial charge on any atom is -0.364 e. The van der Waals surface area contributed by atoms with Gasteiger partial charge in [0.05, 0.1) is 17.8 Å². The number of aromatic nitrogens is 2. The van der Waals surface area contributed by atoms with Gasteiger partial charge in [0.1, 0.15) is 11.6 Å². The summed E-state index contributed by atoms with van der Waals surface area (Å²) in [6, 6.07) is 15.4. The highest BCUT2D eigenvalue weighted by molar-refractivity contribution is 6.02. The topological polar surface area (TPSA) is 45.1 Å². The molecule has 0 unspecified atom stereocenters. The van der Waals surface area contributed by atoms with Crippen LogP contribution in [0.2, 0.25) is 0 Å². The Morgan fingerprint density at radius 2 is 1.70 bits per heavy atom. The van der Waals surface area contributed by atoms with Crippen molar-refractivity contribution in [2.75, 3.05) is 5.32 Å². The Morgan fingerprint density at radius 3 is 2.45 bits per heavy atom. The van der Waals surface area contributed by atoms with Crippen molar-refractivity contribution in [3.8, 4) is 22.4 Å². The highest BCUT2D eigenvalue weighted by Crippen LogP contribution is 2.48. The predicted molar refractivity (Wildman–Crippen MR) is 153 cm³/mol. The van der Waals surface area contributed by atoms with Crippen molar-refractivity contribution in [3.63, 3.8) is 0 Å². The lowest BCUT2D eigenvalue weighted by Crippen LogP contribution is -2.47. The molecule has 7 heteroatoms. The van der Waals surface area contributed by atoms with Gasteiger partial charge in [-0.25, -0.2) is 23.0 Å². The molecule has 0 radical (unpaired) electrons. The Bertz CT molecular complexity index is 1830. The Kier molecular flexibility index (Phi) is 5.81. The number of nitrogens with zero attached hydrogens (tertiary/aromatic N) is 2. The van der Waals surface area contributed by atoms with Gasteiger partial charge >= 0.3 is 0 Å². The first kappa shape index (κ1) is 24.7. The van der Waals surface area contributed by atoms with Crippen LogP contribution in [0.5, 0.6) is 0 Å². The second-order valence-electron chi connectivity index (χ2n) is 11.2. The summed E-state index contributed by atoms with van der Waals surface area (Å²) in [5, 5.41) is 5.62. The Hall–Kier alpha value is -4.31. The summed E-state index contributed by atoms with van der Waals surface area (Å²) in [4.78, 5) is 11.3. The molecule has 2 bridgehead atoms. The average Bonchev–Trinajstić information content (AvgIpc) is 3.39. The fourth-order valence-electron chi connectivity index (χ4n) is 7.07. The first-order chi connectivity index (χ1) is 19.4. The zero-order valence-electron chi connectivity index (χ0n) is 21.9. The molecule has 0 aliphatic heterocycles. The van der Waals surface area contributed by atoms with Crippen LogP contribution in [0.1, 0.15) is 32.6 Å². The van der Waals surface area contributed by atoms with E-state index in [1.54, 1.807) is 0 Å². The van der Waals surface area contributed by atoms with Crippen LogP contribution in [0.25, 0.3) is 48.9 Å². The zero-order valence-corrected chi connectivity index (χ0v) is 21.9. The smallest absolute Gasteiger partial charge is 0.223 e. The second-order valence-corrected chi connectivity index (χ2v) is 11.2. The van der Waals surface area contributed by atoms with Crippen LogP contribution in [-0.4, -0.2) is 16.0 Å². The molecule has 8 rings (SSSR count). The third-order valence-corrected chi connectivity index (χ3v) is 9.16. The summed E-state index contributed by atoms with van der Waals surface area (Å²) in [7, 11) is 0. The molecule has 2 heterocycles. The van der Waals surface area contributed by atoms with Crippen molar-refractivity contribution in [2.45, 2.75) is 38.6 Å². The van der Waals surface area contributed by atoms with Gasteiger partial charge in [0, 0.05) is 34.8 Å². The average molecular weight is 537 g/mol. The maximum Gasteiger partial charge on any atom is 0.223 e. The number of halogens is 3. The van der Waals surface area contributed by atoms with Crippen molar-refractivity contribution < 1.29 is 13.2 Å². The lowest BCUT2D eigenvalue weighted by molar-refractivity contribution is 0.0926. The van der Waals surface area contributed by atoms with Crippen LogP contribution in [0.15, 0.2) is 60.8 Å². The van der Waals surface area contributed by atoms with Gasteiger partial charge in [0.2, 0.25) is 5.69 Å². The zero-order chi connectivity index (χ0) is 27.5. The molecule has 3 saturated carbocycles. The molecular formula is C33H27F3N4. The molecule has 3 aliphatic rings. The van der Waals surface area contributed by atoms with E-state index < -0.39 is 17.5 Å². The molecule has 5 aromatic rings. The fraction of sp³-hybridized carbons (Fsp3) is 0.273. The van der Waals surface area contributed by atoms with Gasteiger partial charge in [-0.2, -0.15) is 0 Å². The van der Waals surface area contributed by atoms with Crippen LogP contribution in [0, 0.1) is 41.8 Å². The molecule has 3 aliphatic carbocycles. The van der Waals surface area contributed by atoms with Crippen molar-refractivity contribution in [1.29, 1.82) is 0 Å². The van der Waals surface area contributed by atoms with Gasteiger partial charge in [-0.05, 0) is 71.9 Å². The largest absolute Gasteiger partial charge is 0.364 e. The number of hydrogen-bond acceptors (Lipinski definition) is 2. The molecular weight excluding hydrogens is 509 g/mol. The van der Waals surface area contributed by atoms with Crippen molar-refractivity contribution >= 4 is 33.2 Å². The Labute approximate surface area is 230 Å². The number of rotatable bonds is 4. The standard InChI is InChI=1S/C33H27F3N4/c1-17-18-7-10-20(11-8-18)29(17)39-33-28(36)27(22-12-9-19-5-3-4-6-21(19)13-22)32(37-2)31(40-33)25-16-38-30-24(25)14-23(34)15-26(30)35/h3-6,9,12-18,20,29,38H,7-8,10-11H2,1H3,(H,39,40)/t17-,18?,20?,29+/m0/s1. The van der Waals surface area contributed by atoms with E-state index in [1.165, 1.54) is 25.1 Å². The normalized spacial score (nSPS) is 22.1. The van der Waals surface area contributed by atoms with Crippen molar-refractivity contribution in [3.05, 3.63) is 89.7 Å². The third kappa shape index (κ3) is 3.85. The number of fused-ring (bicyclic) bond motifs is 5. The monoisotopic (exact) mass is 536 g/mol. The number of aromatic amines is 1. The van der Waals surface area contributed by atoms with Gasteiger partial charge in [0.25, 0.3) is 0 Å². The maximum absolute atomic E-state index is 16.6. The van der Waals surface area contributed by atoms with Crippen LogP contribution in [0.4, 0.5) is 24.7 Å². The van der Waals surface area contributed by atoms with Crippen molar-refractivity contribution in [2.24, 2.45) is 17.8 Å². The van der Waals surface area contributed by atoms with E-state index in [9.17, 15) is 8.78 Å². The van der Waals surface area contributed by atoms with Crippen LogP contribution in [-0.2, 0) is 0 Å². The van der Waals surface area contributed by atoms with Gasteiger partial charge in [-0.3, -0.25) is 0 Å². The van der Waals surface area contributed by atoms with Crippen LogP contribution >= 0.6 is 0 Å². The molecule has 4 nitrogen and oxygen atoms in total. The Balaban J connectivity index is 1.47. The van der Waals surface area contributed by atoms with Gasteiger partial charge in [-0.1, -0.05) is 43.3 Å². The third-order valence-electron chi connectivity index (χ3n) is 9.16. The fourth-order valence-corrected chi connectivity index (χ4v) is 7.07. The van der Waals surface area contributed by atoms with Crippen LogP contribution < -0.4 is 5.32 Å². The van der Waals surface area contributed by atoms with Gasteiger partial charge < -0.3 is 10.3 Å². The number of pyridine rings is 1. The minimum absolute atomic E-state index is 0.00196. The molecule has 200 valence electrons. The number of H-pyrrole nitrogens is 1. The number of hydrogen-bond donors (Lipinski definition) is 2. The SMILES string of the molecule is [C-]#[N+]c1c(-c2c[nH]c3c(F)cc(F)cc23)nc(N[C@H]2C3CCC(CC3)[C@@H]2C)c(F)c1-c1ccc2ccccc2c1. The second kappa shape index (κ2) is 9.41. The highest BCUT2D eigenvalue weighted by Gasteiger charge is 2.42. The van der Waals surface area contributed by atoms with Crippen LogP contribution in [0.3, 0.4) is 0 Å². The number of benzene rings is 3. The molecule has 2 atom stereocenters. The van der Waals surface area contributed by atoms with Gasteiger partial charge in [-0.15, -0.1) is 0 Å². The molecule has 40 heavy (non-hydrogen) atoms. The summed E-state index contributed by atoms with van der Waals surface area (Å²) in [5.41, 5.74) is 1.33. The molecule has 0 saturated heterocycles.